The van der Waals surface area contributed by atoms with Crippen LogP contribution in [0.25, 0.3) is 0 Å². The summed E-state index contributed by atoms with van der Waals surface area (Å²) < 4.78 is 0. The Balaban J connectivity index is 2.10. The fraction of sp³-hybridized carbons (Fsp3) is 0.263. The van der Waals surface area contributed by atoms with Gasteiger partial charge in [0.1, 0.15) is 5.82 Å². The van der Waals surface area contributed by atoms with Gasteiger partial charge in [0.15, 0.2) is 0 Å². The number of hydrogen-bond donors (Lipinski definition) is 3. The van der Waals surface area contributed by atoms with E-state index in [1.165, 1.54) is 12.1 Å². The lowest BCUT2D eigenvalue weighted by Gasteiger charge is -2.25. The van der Waals surface area contributed by atoms with E-state index < -0.39 is 5.54 Å². The van der Waals surface area contributed by atoms with Crippen molar-refractivity contribution < 1.29 is 9.59 Å². The number of carbonyl (C=O) groups excluding carboxylic acids is 2. The molecule has 3 N–H and O–H groups in total. The smallest absolute Gasteiger partial charge is 0.251 e. The maximum atomic E-state index is 12.4. The summed E-state index contributed by atoms with van der Waals surface area (Å²) in [5.41, 5.74) is 0.809. The van der Waals surface area contributed by atoms with Crippen molar-refractivity contribution in [3.63, 3.8) is 0 Å². The highest BCUT2D eigenvalue weighted by atomic mass is 16.2. The summed E-state index contributed by atoms with van der Waals surface area (Å²) in [4.78, 5) is 42.4. The quantitative estimate of drug-likeness (QED) is 0.688. The molecule has 0 saturated carbocycles. The average Bonchev–Trinajstić information content (AvgIpc) is 2.53. The molecule has 7 heteroatoms. The van der Waals surface area contributed by atoms with Crippen LogP contribution in [-0.4, -0.2) is 21.8 Å². The topological polar surface area (TPSA) is 104 Å². The molecule has 1 aromatic carbocycles. The van der Waals surface area contributed by atoms with Crippen LogP contribution in [0.1, 0.15) is 30.9 Å². The second-order valence-corrected chi connectivity index (χ2v) is 6.48. The maximum Gasteiger partial charge on any atom is 0.251 e. The van der Waals surface area contributed by atoms with Gasteiger partial charge < -0.3 is 15.6 Å². The van der Waals surface area contributed by atoms with Crippen LogP contribution in [0.3, 0.4) is 0 Å². The Labute approximate surface area is 151 Å². The Morgan fingerprint density at radius 2 is 2.04 bits per heavy atom. The average molecular weight is 354 g/mol. The van der Waals surface area contributed by atoms with Crippen LogP contribution in [-0.2, 0) is 21.5 Å². The van der Waals surface area contributed by atoms with E-state index in [2.05, 4.69) is 27.2 Å². The van der Waals surface area contributed by atoms with Crippen molar-refractivity contribution in [2.45, 2.75) is 32.7 Å². The molecule has 0 aliphatic rings. The summed E-state index contributed by atoms with van der Waals surface area (Å²) >= 11 is 0. The fourth-order valence-electron chi connectivity index (χ4n) is 2.46. The van der Waals surface area contributed by atoms with E-state index in [1.807, 2.05) is 0 Å². The van der Waals surface area contributed by atoms with E-state index in [0.717, 1.165) is 5.56 Å². The molecule has 0 radical (unpaired) electrons. The zero-order chi connectivity index (χ0) is 19.3. The zero-order valence-corrected chi connectivity index (χ0v) is 15.1. The SMILES string of the molecule is C=CC(=O)Nc1cccc(CC(=O)NC(C)(C)c2nc(C)cc(=O)[nH]2)c1. The highest BCUT2D eigenvalue weighted by molar-refractivity contribution is 5.98. The number of nitrogens with one attached hydrogen (secondary N) is 3. The van der Waals surface area contributed by atoms with Gasteiger partial charge in [0.25, 0.3) is 5.56 Å². The van der Waals surface area contributed by atoms with Gasteiger partial charge in [-0.15, -0.1) is 0 Å². The molecule has 0 unspecified atom stereocenters. The summed E-state index contributed by atoms with van der Waals surface area (Å²) in [5.74, 6) is -0.156. The lowest BCUT2D eigenvalue weighted by atomic mass is 10.0. The molecule has 0 atom stereocenters. The Kier molecular flexibility index (Phi) is 5.71. The molecule has 1 aromatic heterocycles. The molecule has 0 bridgehead atoms. The molecule has 0 fully saturated rings. The Hall–Kier alpha value is -3.22. The van der Waals surface area contributed by atoms with Crippen LogP contribution in [0.2, 0.25) is 0 Å². The molecule has 1 heterocycles. The maximum absolute atomic E-state index is 12.4. The molecule has 0 aliphatic heterocycles. The monoisotopic (exact) mass is 354 g/mol. The van der Waals surface area contributed by atoms with Crippen LogP contribution < -0.4 is 16.2 Å². The number of aromatic amines is 1. The van der Waals surface area contributed by atoms with Gasteiger partial charge in [0, 0.05) is 17.4 Å². The number of carbonyl (C=O) groups is 2. The third kappa shape index (κ3) is 5.14. The normalized spacial score (nSPS) is 10.9. The Morgan fingerprint density at radius 3 is 2.69 bits per heavy atom. The number of nitrogens with zero attached hydrogens (tertiary/aromatic N) is 1. The minimum atomic E-state index is -0.836. The van der Waals surface area contributed by atoms with Crippen LogP contribution in [0.15, 0.2) is 47.8 Å². The predicted octanol–water partition coefficient (Wildman–Crippen LogP) is 1.80. The number of aromatic nitrogens is 2. The van der Waals surface area contributed by atoms with Crippen molar-refractivity contribution in [2.24, 2.45) is 0 Å². The van der Waals surface area contributed by atoms with Gasteiger partial charge in [0.05, 0.1) is 12.0 Å². The van der Waals surface area contributed by atoms with Crippen LogP contribution in [0.5, 0.6) is 0 Å². The molecule has 136 valence electrons. The number of aryl methyl sites for hydroxylation is 1. The van der Waals surface area contributed by atoms with Crippen molar-refractivity contribution in [2.75, 3.05) is 5.32 Å². The molecule has 7 nitrogen and oxygen atoms in total. The largest absolute Gasteiger partial charge is 0.344 e. The summed E-state index contributed by atoms with van der Waals surface area (Å²) in [6.07, 6.45) is 1.30. The van der Waals surface area contributed by atoms with E-state index >= 15 is 0 Å². The van der Waals surface area contributed by atoms with E-state index in [0.29, 0.717) is 17.2 Å². The number of H-pyrrole nitrogens is 1. The molecule has 0 saturated heterocycles. The van der Waals surface area contributed by atoms with Crippen molar-refractivity contribution in [3.05, 3.63) is 70.4 Å². The first-order valence-electron chi connectivity index (χ1n) is 8.11. The molecule has 0 spiro atoms. The summed E-state index contributed by atoms with van der Waals surface area (Å²) in [6.45, 7) is 8.66. The van der Waals surface area contributed by atoms with Gasteiger partial charge in [-0.25, -0.2) is 4.98 Å². The summed E-state index contributed by atoms with van der Waals surface area (Å²) in [7, 11) is 0. The van der Waals surface area contributed by atoms with Gasteiger partial charge in [-0.3, -0.25) is 14.4 Å². The van der Waals surface area contributed by atoms with Crippen molar-refractivity contribution in [1.29, 1.82) is 0 Å². The van der Waals surface area contributed by atoms with Gasteiger partial charge in [-0.2, -0.15) is 0 Å². The molecule has 2 amide bonds. The second kappa shape index (κ2) is 7.77. The lowest BCUT2D eigenvalue weighted by Crippen LogP contribution is -2.44. The molecule has 26 heavy (non-hydrogen) atoms. The van der Waals surface area contributed by atoms with Gasteiger partial charge in [-0.05, 0) is 44.5 Å². The van der Waals surface area contributed by atoms with Crippen LogP contribution in [0, 0.1) is 6.92 Å². The molecule has 0 aliphatic carbocycles. The van der Waals surface area contributed by atoms with Crippen molar-refractivity contribution in [3.8, 4) is 0 Å². The van der Waals surface area contributed by atoms with Gasteiger partial charge in [-0.1, -0.05) is 18.7 Å². The molecular weight excluding hydrogens is 332 g/mol. The number of benzene rings is 1. The number of anilines is 1. The zero-order valence-electron chi connectivity index (χ0n) is 15.1. The van der Waals surface area contributed by atoms with Crippen LogP contribution >= 0.6 is 0 Å². The first kappa shape index (κ1) is 19.1. The van der Waals surface area contributed by atoms with Crippen LogP contribution in [0.4, 0.5) is 5.69 Å². The lowest BCUT2D eigenvalue weighted by molar-refractivity contribution is -0.122. The molecule has 2 rings (SSSR count). The highest BCUT2D eigenvalue weighted by Crippen LogP contribution is 2.16. The standard InChI is InChI=1S/C19H22N4O3/c1-5-15(24)21-14-8-6-7-13(10-14)11-17(26)23-19(3,4)18-20-12(2)9-16(25)22-18/h5-10H,1,11H2,2-4H3,(H,21,24)(H,23,26)(H,20,22,25). The van der Waals surface area contributed by atoms with E-state index in [4.69, 9.17) is 0 Å². The summed E-state index contributed by atoms with van der Waals surface area (Å²) in [6, 6.07) is 8.40. The minimum absolute atomic E-state index is 0.122. The molecular formula is C19H22N4O3. The third-order valence-corrected chi connectivity index (χ3v) is 3.66. The first-order valence-corrected chi connectivity index (χ1v) is 8.11. The second-order valence-electron chi connectivity index (χ2n) is 6.48. The Morgan fingerprint density at radius 1 is 1.31 bits per heavy atom. The van der Waals surface area contributed by atoms with E-state index in [1.54, 1.807) is 45.0 Å². The number of rotatable bonds is 6. The molecule has 2 aromatic rings. The summed E-state index contributed by atoms with van der Waals surface area (Å²) in [5, 5.41) is 5.53. The van der Waals surface area contributed by atoms with Crippen molar-refractivity contribution >= 4 is 17.5 Å². The van der Waals surface area contributed by atoms with E-state index in [-0.39, 0.29) is 23.8 Å². The Bertz CT molecular complexity index is 900. The van der Waals surface area contributed by atoms with Gasteiger partial charge in [0.2, 0.25) is 11.8 Å². The minimum Gasteiger partial charge on any atom is -0.344 e. The first-order chi connectivity index (χ1) is 12.2. The third-order valence-electron chi connectivity index (χ3n) is 3.66. The predicted molar refractivity (Wildman–Crippen MR) is 99.7 cm³/mol. The number of amides is 2. The highest BCUT2D eigenvalue weighted by Gasteiger charge is 2.25. The van der Waals surface area contributed by atoms with E-state index in [9.17, 15) is 14.4 Å². The van der Waals surface area contributed by atoms with Crippen molar-refractivity contribution in [1.82, 2.24) is 15.3 Å². The number of hydrogen-bond acceptors (Lipinski definition) is 4. The van der Waals surface area contributed by atoms with Gasteiger partial charge >= 0.3 is 0 Å². The fourth-order valence-corrected chi connectivity index (χ4v) is 2.46.